The highest BCUT2D eigenvalue weighted by atomic mass is 16.6. The molecule has 2 atom stereocenters. The molecule has 174 valence electrons. The summed E-state index contributed by atoms with van der Waals surface area (Å²) in [4.78, 5) is 24.7. The Labute approximate surface area is 188 Å². The van der Waals surface area contributed by atoms with Gasteiger partial charge in [0.1, 0.15) is 17.7 Å². The summed E-state index contributed by atoms with van der Waals surface area (Å²) in [7, 11) is 0. The number of hydrogen-bond acceptors (Lipinski definition) is 6. The highest BCUT2D eigenvalue weighted by Crippen LogP contribution is 2.38. The molecule has 2 aromatic heterocycles. The molecule has 2 N–H and O–H groups in total. The summed E-state index contributed by atoms with van der Waals surface area (Å²) in [5.74, 6) is 1.17. The minimum Gasteiger partial charge on any atom is -0.446 e. The minimum atomic E-state index is -0.327. The maximum atomic E-state index is 12.6. The fraction of sp³-hybridized carbons (Fsp3) is 0.652. The maximum absolute atomic E-state index is 12.6. The molecule has 0 aliphatic heterocycles. The van der Waals surface area contributed by atoms with Gasteiger partial charge in [0, 0.05) is 23.6 Å². The minimum absolute atomic E-state index is 0.0852. The molecule has 4 rings (SSSR count). The number of amides is 2. The summed E-state index contributed by atoms with van der Waals surface area (Å²) in [6, 6.07) is 3.69. The van der Waals surface area contributed by atoms with Crippen LogP contribution in [0.1, 0.15) is 82.9 Å². The van der Waals surface area contributed by atoms with Crippen LogP contribution in [-0.4, -0.2) is 38.6 Å². The van der Waals surface area contributed by atoms with Crippen LogP contribution in [0.5, 0.6) is 0 Å². The summed E-state index contributed by atoms with van der Waals surface area (Å²) in [6.45, 7) is 9.98. The van der Waals surface area contributed by atoms with Crippen LogP contribution in [0.4, 0.5) is 10.6 Å². The van der Waals surface area contributed by atoms with E-state index in [2.05, 4.69) is 15.8 Å². The van der Waals surface area contributed by atoms with Crippen LogP contribution in [0.25, 0.3) is 0 Å². The van der Waals surface area contributed by atoms with E-state index in [-0.39, 0.29) is 41.5 Å². The topological polar surface area (TPSA) is 111 Å². The Morgan fingerprint density at radius 3 is 2.66 bits per heavy atom. The average molecular weight is 444 g/mol. The lowest BCUT2D eigenvalue weighted by Gasteiger charge is -2.22. The molecule has 0 saturated heterocycles. The van der Waals surface area contributed by atoms with Crippen molar-refractivity contribution in [2.75, 3.05) is 5.32 Å². The Balaban J connectivity index is 1.41. The lowest BCUT2D eigenvalue weighted by molar-refractivity contribution is -0.115. The Bertz CT molecular complexity index is 998. The maximum Gasteiger partial charge on any atom is 0.407 e. The van der Waals surface area contributed by atoms with Crippen LogP contribution in [0.15, 0.2) is 16.7 Å². The van der Waals surface area contributed by atoms with Gasteiger partial charge in [-0.15, -0.1) is 0 Å². The molecule has 0 bridgehead atoms. The van der Waals surface area contributed by atoms with Gasteiger partial charge in [-0.3, -0.25) is 4.79 Å². The molecule has 0 unspecified atom stereocenters. The molecule has 2 aliphatic rings. The monoisotopic (exact) mass is 443 g/mol. The highest BCUT2D eigenvalue weighted by Gasteiger charge is 2.40. The van der Waals surface area contributed by atoms with Gasteiger partial charge in [-0.2, -0.15) is 5.10 Å². The zero-order valence-electron chi connectivity index (χ0n) is 19.5. The van der Waals surface area contributed by atoms with Crippen molar-refractivity contribution in [3.05, 3.63) is 29.3 Å². The quantitative estimate of drug-likeness (QED) is 0.697. The first-order valence-electron chi connectivity index (χ1n) is 11.3. The molecule has 32 heavy (non-hydrogen) atoms. The number of carbonyl (C=O) groups excluding carboxylic acids is 2. The van der Waals surface area contributed by atoms with Crippen molar-refractivity contribution in [3.8, 4) is 0 Å². The van der Waals surface area contributed by atoms with Crippen LogP contribution in [-0.2, 0) is 21.5 Å². The van der Waals surface area contributed by atoms with Gasteiger partial charge in [-0.25, -0.2) is 9.48 Å². The molecule has 2 saturated carbocycles. The van der Waals surface area contributed by atoms with Gasteiger partial charge in [0.05, 0.1) is 23.3 Å². The number of carbonyl (C=O) groups is 2. The molecule has 2 fully saturated rings. The molecule has 0 spiro atoms. The van der Waals surface area contributed by atoms with E-state index in [9.17, 15) is 9.59 Å². The Morgan fingerprint density at radius 2 is 2.03 bits per heavy atom. The molecule has 2 aliphatic carbocycles. The van der Waals surface area contributed by atoms with E-state index < -0.39 is 0 Å². The van der Waals surface area contributed by atoms with Crippen molar-refractivity contribution in [1.29, 1.82) is 0 Å². The summed E-state index contributed by atoms with van der Waals surface area (Å²) in [5.41, 5.74) is 1.26. The Kier molecular flexibility index (Phi) is 5.77. The summed E-state index contributed by atoms with van der Waals surface area (Å²) in [5, 5.41) is 14.6. The van der Waals surface area contributed by atoms with Crippen molar-refractivity contribution >= 4 is 17.8 Å². The molecule has 2 amide bonds. The molecular weight excluding hydrogens is 410 g/mol. The van der Waals surface area contributed by atoms with E-state index in [1.165, 1.54) is 0 Å². The van der Waals surface area contributed by atoms with Gasteiger partial charge < -0.3 is 19.9 Å². The van der Waals surface area contributed by atoms with Crippen molar-refractivity contribution in [3.63, 3.8) is 0 Å². The second-order valence-corrected chi connectivity index (χ2v) is 10.4. The fourth-order valence-electron chi connectivity index (χ4n) is 4.10. The first kappa shape index (κ1) is 22.4. The lowest BCUT2D eigenvalue weighted by atomic mass is 10.0. The number of anilines is 1. The molecule has 2 aromatic rings. The average Bonchev–Trinajstić information content (AvgIpc) is 3.08. The van der Waals surface area contributed by atoms with Gasteiger partial charge in [0.25, 0.3) is 0 Å². The third-order valence-corrected chi connectivity index (χ3v) is 6.12. The Morgan fingerprint density at radius 1 is 1.28 bits per heavy atom. The first-order valence-corrected chi connectivity index (χ1v) is 11.3. The van der Waals surface area contributed by atoms with E-state index in [4.69, 9.17) is 14.4 Å². The van der Waals surface area contributed by atoms with Gasteiger partial charge in [-0.05, 0) is 66.7 Å². The standard InChI is InChI=1S/C23H33N5O4/c1-14-10-17(32-27-14)12-20(29)24-19-13-18(26-28(19)22(2,3)4)15-6-7-16(11-15)31-21(30)25-23(5)8-9-23/h10,13,15-16H,6-9,11-12H2,1-5H3,(H,24,29)(H,25,30)/t15-,16+/m0/s1. The normalized spacial score (nSPS) is 21.9. The van der Waals surface area contributed by atoms with E-state index >= 15 is 0 Å². The van der Waals surface area contributed by atoms with Crippen molar-refractivity contribution < 1.29 is 18.8 Å². The molecule has 9 heteroatoms. The van der Waals surface area contributed by atoms with Gasteiger partial charge >= 0.3 is 6.09 Å². The number of aryl methyl sites for hydroxylation is 1. The van der Waals surface area contributed by atoms with Crippen LogP contribution in [0.3, 0.4) is 0 Å². The molecule has 2 heterocycles. The zero-order chi connectivity index (χ0) is 23.1. The SMILES string of the molecule is Cc1cc(CC(=O)Nc2cc([C@H]3CC[C@@H](OC(=O)NC4(C)CC4)C3)nn2C(C)(C)C)on1. The van der Waals surface area contributed by atoms with Crippen molar-refractivity contribution in [1.82, 2.24) is 20.3 Å². The predicted molar refractivity (Wildman–Crippen MR) is 118 cm³/mol. The number of aromatic nitrogens is 3. The largest absolute Gasteiger partial charge is 0.446 e. The third kappa shape index (κ3) is 5.31. The van der Waals surface area contributed by atoms with Gasteiger partial charge in [0.2, 0.25) is 5.91 Å². The van der Waals surface area contributed by atoms with Gasteiger partial charge in [0.15, 0.2) is 0 Å². The van der Waals surface area contributed by atoms with E-state index in [0.29, 0.717) is 11.6 Å². The number of hydrogen-bond donors (Lipinski definition) is 2. The smallest absolute Gasteiger partial charge is 0.407 e. The first-order chi connectivity index (χ1) is 15.0. The second kappa shape index (κ2) is 8.26. The molecule has 9 nitrogen and oxygen atoms in total. The van der Waals surface area contributed by atoms with E-state index in [1.807, 2.05) is 45.4 Å². The fourth-order valence-corrected chi connectivity index (χ4v) is 4.10. The highest BCUT2D eigenvalue weighted by molar-refractivity contribution is 5.91. The summed E-state index contributed by atoms with van der Waals surface area (Å²) < 4.78 is 12.6. The van der Waals surface area contributed by atoms with Crippen molar-refractivity contribution in [2.45, 2.75) is 96.2 Å². The second-order valence-electron chi connectivity index (χ2n) is 10.4. The lowest BCUT2D eigenvalue weighted by Crippen LogP contribution is -2.36. The summed E-state index contributed by atoms with van der Waals surface area (Å²) >= 11 is 0. The molecular formula is C23H33N5O4. The number of ether oxygens (including phenoxy) is 1. The summed E-state index contributed by atoms with van der Waals surface area (Å²) in [6.07, 6.45) is 4.11. The molecule has 0 radical (unpaired) electrons. The van der Waals surface area contributed by atoms with Gasteiger partial charge in [-0.1, -0.05) is 5.16 Å². The van der Waals surface area contributed by atoms with Crippen molar-refractivity contribution in [2.24, 2.45) is 0 Å². The van der Waals surface area contributed by atoms with Crippen LogP contribution >= 0.6 is 0 Å². The Hall–Kier alpha value is -2.84. The zero-order valence-corrected chi connectivity index (χ0v) is 19.5. The molecule has 0 aromatic carbocycles. The van der Waals surface area contributed by atoms with E-state index in [1.54, 1.807) is 6.07 Å². The number of alkyl carbamates (subject to hydrolysis) is 1. The van der Waals surface area contributed by atoms with Crippen LogP contribution in [0.2, 0.25) is 0 Å². The van der Waals surface area contributed by atoms with Crippen LogP contribution in [0, 0.1) is 6.92 Å². The van der Waals surface area contributed by atoms with Crippen LogP contribution < -0.4 is 10.6 Å². The number of nitrogens with zero attached hydrogens (tertiary/aromatic N) is 3. The number of nitrogens with one attached hydrogen (secondary N) is 2. The number of rotatable bonds is 6. The third-order valence-electron chi connectivity index (χ3n) is 6.12. The predicted octanol–water partition coefficient (Wildman–Crippen LogP) is 4.03. The van der Waals surface area contributed by atoms with E-state index in [0.717, 1.165) is 43.5 Å².